The Balaban J connectivity index is 1.89. The van der Waals surface area contributed by atoms with Gasteiger partial charge < -0.3 is 9.09 Å². The highest BCUT2D eigenvalue weighted by Gasteiger charge is 2.38. The molecule has 0 aliphatic heterocycles. The summed E-state index contributed by atoms with van der Waals surface area (Å²) < 4.78 is 43.2. The highest BCUT2D eigenvalue weighted by molar-refractivity contribution is 6.31. The van der Waals surface area contributed by atoms with Crippen LogP contribution in [0, 0.1) is 22.7 Å². The van der Waals surface area contributed by atoms with Gasteiger partial charge in [0.25, 0.3) is 0 Å². The van der Waals surface area contributed by atoms with E-state index in [1.807, 2.05) is 6.07 Å². The molecule has 11 heteroatoms. The van der Waals surface area contributed by atoms with E-state index < -0.39 is 12.1 Å². The van der Waals surface area contributed by atoms with Crippen LogP contribution in [0.25, 0.3) is 11.4 Å². The van der Waals surface area contributed by atoms with Crippen molar-refractivity contribution in [3.8, 4) is 23.5 Å². The molecular formula is C15H6ClF3N6O. The molecule has 0 bridgehead atoms. The van der Waals surface area contributed by atoms with Crippen LogP contribution in [0.3, 0.4) is 0 Å². The number of benzene rings is 1. The summed E-state index contributed by atoms with van der Waals surface area (Å²) in [6, 6.07) is 8.10. The van der Waals surface area contributed by atoms with E-state index in [-0.39, 0.29) is 34.3 Å². The smallest absolute Gasteiger partial charge is 0.329 e. The lowest BCUT2D eigenvalue weighted by molar-refractivity contribution is -0.159. The number of aromatic nitrogens is 4. The second kappa shape index (κ2) is 6.50. The van der Waals surface area contributed by atoms with Gasteiger partial charge in [0.1, 0.15) is 12.1 Å². The molecule has 0 saturated carbocycles. The first-order valence-electron chi connectivity index (χ1n) is 6.88. The van der Waals surface area contributed by atoms with Gasteiger partial charge in [-0.3, -0.25) is 0 Å². The monoisotopic (exact) mass is 378 g/mol. The Morgan fingerprint density at radius 1 is 1.23 bits per heavy atom. The summed E-state index contributed by atoms with van der Waals surface area (Å²) >= 11 is 6.17. The van der Waals surface area contributed by atoms with Crippen LogP contribution in [0.2, 0.25) is 5.02 Å². The lowest BCUT2D eigenvalue weighted by Gasteiger charge is -2.07. The van der Waals surface area contributed by atoms with Crippen molar-refractivity contribution >= 4 is 11.6 Å². The maximum Gasteiger partial charge on any atom is 0.471 e. The molecule has 0 aliphatic carbocycles. The van der Waals surface area contributed by atoms with Crippen molar-refractivity contribution in [1.29, 1.82) is 10.5 Å². The van der Waals surface area contributed by atoms with Gasteiger partial charge in [-0.2, -0.15) is 28.7 Å². The number of halogens is 4. The summed E-state index contributed by atoms with van der Waals surface area (Å²) in [5, 5.41) is 21.5. The van der Waals surface area contributed by atoms with E-state index >= 15 is 0 Å². The fraction of sp³-hybridized carbons (Fsp3) is 0.133. The molecule has 0 radical (unpaired) electrons. The second-order valence-corrected chi connectivity index (χ2v) is 5.43. The molecule has 1 aromatic carbocycles. The molecule has 26 heavy (non-hydrogen) atoms. The zero-order chi connectivity index (χ0) is 18.9. The highest BCUT2D eigenvalue weighted by Crippen LogP contribution is 2.30. The normalized spacial score (nSPS) is 11.2. The summed E-state index contributed by atoms with van der Waals surface area (Å²) in [4.78, 5) is 7.11. The van der Waals surface area contributed by atoms with E-state index in [2.05, 4.69) is 19.6 Å². The average Bonchev–Trinajstić information content (AvgIpc) is 3.23. The molecule has 0 saturated heterocycles. The third-order valence-corrected chi connectivity index (χ3v) is 3.72. The van der Waals surface area contributed by atoms with Crippen LogP contribution in [0.1, 0.15) is 22.8 Å². The molecule has 130 valence electrons. The number of alkyl halides is 3. The molecule has 3 aromatic rings. The van der Waals surface area contributed by atoms with Crippen LogP contribution in [-0.4, -0.2) is 19.7 Å². The number of hydrogen-bond donors (Lipinski definition) is 0. The Bertz CT molecular complexity index is 1060. The highest BCUT2D eigenvalue weighted by atomic mass is 35.5. The van der Waals surface area contributed by atoms with Crippen molar-refractivity contribution in [2.24, 2.45) is 0 Å². The summed E-state index contributed by atoms with van der Waals surface area (Å²) in [7, 11) is 0. The minimum atomic E-state index is -4.73. The van der Waals surface area contributed by atoms with Crippen molar-refractivity contribution in [1.82, 2.24) is 19.7 Å². The lowest BCUT2D eigenvalue weighted by atomic mass is 10.1. The molecule has 0 fully saturated rings. The summed E-state index contributed by atoms with van der Waals surface area (Å²) in [6.45, 7) is 0.150. The third-order valence-electron chi connectivity index (χ3n) is 3.37. The molecule has 7 nitrogen and oxygen atoms in total. The van der Waals surface area contributed by atoms with Gasteiger partial charge >= 0.3 is 12.1 Å². The van der Waals surface area contributed by atoms with Crippen molar-refractivity contribution in [3.05, 3.63) is 52.4 Å². The molecule has 0 amide bonds. The molecule has 0 spiro atoms. The minimum Gasteiger partial charge on any atom is -0.329 e. The lowest BCUT2D eigenvalue weighted by Crippen LogP contribution is -2.05. The molecular weight excluding hydrogens is 373 g/mol. The van der Waals surface area contributed by atoms with Crippen molar-refractivity contribution in [3.63, 3.8) is 0 Å². The second-order valence-electron chi connectivity index (χ2n) is 5.02. The van der Waals surface area contributed by atoms with Gasteiger partial charge in [0.2, 0.25) is 5.82 Å². The maximum absolute atomic E-state index is 12.5. The van der Waals surface area contributed by atoms with Gasteiger partial charge in [-0.05, 0) is 11.6 Å². The summed E-state index contributed by atoms with van der Waals surface area (Å²) in [6.07, 6.45) is -3.40. The van der Waals surface area contributed by atoms with Crippen LogP contribution in [-0.2, 0) is 12.7 Å². The standard InChI is InChI=1S/C15H6ClF3N6O/c16-10-3-8(13-23-14(26-24-13)15(17,18)19)1-2-9(10)6-25-7-22-11(4-20)12(25)5-21/h1-3,7H,6H2. The zero-order valence-electron chi connectivity index (χ0n) is 12.6. The number of nitrogens with zero attached hydrogens (tertiary/aromatic N) is 6. The van der Waals surface area contributed by atoms with E-state index in [0.717, 1.165) is 0 Å². The Morgan fingerprint density at radius 3 is 2.58 bits per heavy atom. The maximum atomic E-state index is 12.5. The third kappa shape index (κ3) is 3.23. The van der Waals surface area contributed by atoms with Gasteiger partial charge in [-0.15, -0.1) is 0 Å². The quantitative estimate of drug-likeness (QED) is 0.691. The molecule has 2 aromatic heterocycles. The van der Waals surface area contributed by atoms with Gasteiger partial charge in [-0.25, -0.2) is 4.98 Å². The van der Waals surface area contributed by atoms with Crippen LogP contribution >= 0.6 is 11.6 Å². The Kier molecular flexibility index (Phi) is 4.36. The minimum absolute atomic E-state index is 0.00767. The Labute approximate surface area is 148 Å². The van der Waals surface area contributed by atoms with Gasteiger partial charge in [0.15, 0.2) is 11.4 Å². The first-order chi connectivity index (χ1) is 12.3. The van der Waals surface area contributed by atoms with Crippen molar-refractivity contribution in [2.75, 3.05) is 0 Å². The fourth-order valence-corrected chi connectivity index (χ4v) is 2.40. The predicted molar refractivity (Wildman–Crippen MR) is 80.5 cm³/mol. The molecule has 0 aliphatic rings. The molecule has 0 N–H and O–H groups in total. The van der Waals surface area contributed by atoms with Gasteiger partial charge in [0, 0.05) is 10.6 Å². The zero-order valence-corrected chi connectivity index (χ0v) is 13.4. The van der Waals surface area contributed by atoms with E-state index in [0.29, 0.717) is 5.56 Å². The summed E-state index contributed by atoms with van der Waals surface area (Å²) in [5.74, 6) is -1.70. The van der Waals surface area contributed by atoms with Crippen molar-refractivity contribution in [2.45, 2.75) is 12.7 Å². The first kappa shape index (κ1) is 17.5. The van der Waals surface area contributed by atoms with Crippen LogP contribution in [0.5, 0.6) is 0 Å². The largest absolute Gasteiger partial charge is 0.471 e. The first-order valence-corrected chi connectivity index (χ1v) is 7.26. The van der Waals surface area contributed by atoms with E-state index in [9.17, 15) is 13.2 Å². The number of rotatable bonds is 3. The molecule has 2 heterocycles. The fourth-order valence-electron chi connectivity index (χ4n) is 2.16. The topological polar surface area (TPSA) is 104 Å². The SMILES string of the molecule is N#Cc1ncn(Cc2ccc(-c3noc(C(F)(F)F)n3)cc2Cl)c1C#N. The molecule has 0 unspecified atom stereocenters. The van der Waals surface area contributed by atoms with E-state index in [1.165, 1.54) is 23.0 Å². The number of nitriles is 2. The molecule has 3 rings (SSSR count). The van der Waals surface area contributed by atoms with Crippen molar-refractivity contribution < 1.29 is 17.7 Å². The molecule has 0 atom stereocenters. The average molecular weight is 379 g/mol. The van der Waals surface area contributed by atoms with E-state index in [4.69, 9.17) is 22.1 Å². The predicted octanol–water partition coefficient (Wildman–Crippen LogP) is 3.40. The van der Waals surface area contributed by atoms with E-state index in [1.54, 1.807) is 12.1 Å². The Hall–Kier alpha value is -3.37. The Morgan fingerprint density at radius 2 is 2.00 bits per heavy atom. The van der Waals surface area contributed by atoms with Crippen LogP contribution in [0.4, 0.5) is 13.2 Å². The summed E-state index contributed by atoms with van der Waals surface area (Å²) in [5.41, 5.74) is 0.877. The number of hydrogen-bond acceptors (Lipinski definition) is 6. The van der Waals surface area contributed by atoms with Crippen LogP contribution < -0.4 is 0 Å². The van der Waals surface area contributed by atoms with Gasteiger partial charge in [-0.1, -0.05) is 28.9 Å². The number of imidazole rings is 1. The van der Waals surface area contributed by atoms with Crippen LogP contribution in [0.15, 0.2) is 29.0 Å². The van der Waals surface area contributed by atoms with Gasteiger partial charge in [0.05, 0.1) is 12.9 Å².